The number of carbonyl (C=O) groups is 2. The van der Waals surface area contributed by atoms with E-state index in [0.717, 1.165) is 25.0 Å². The van der Waals surface area contributed by atoms with E-state index in [9.17, 15) is 9.59 Å². The first-order valence-electron chi connectivity index (χ1n) is 5.12. The Balaban J connectivity index is 2.17. The van der Waals surface area contributed by atoms with Crippen LogP contribution >= 0.6 is 0 Å². The van der Waals surface area contributed by atoms with Gasteiger partial charge >= 0.3 is 0 Å². The molecule has 72 valence electrons. The predicted octanol–water partition coefficient (Wildman–Crippen LogP) is 1.97. The summed E-state index contributed by atoms with van der Waals surface area (Å²) in [6, 6.07) is 0. The van der Waals surface area contributed by atoms with E-state index in [1.54, 1.807) is 6.92 Å². The third-order valence-corrected chi connectivity index (χ3v) is 3.84. The summed E-state index contributed by atoms with van der Waals surface area (Å²) in [5, 5.41) is 0. The number of hydrogen-bond donors (Lipinski definition) is 0. The highest BCUT2D eigenvalue weighted by Gasteiger charge is 2.51. The van der Waals surface area contributed by atoms with E-state index in [0.29, 0.717) is 12.3 Å². The fourth-order valence-electron chi connectivity index (χ4n) is 3.35. The molecular formula is C11H16O2. The van der Waals surface area contributed by atoms with Gasteiger partial charge in [0.2, 0.25) is 0 Å². The van der Waals surface area contributed by atoms with Crippen LogP contribution in [0.25, 0.3) is 0 Å². The molecule has 0 N–H and O–H groups in total. The van der Waals surface area contributed by atoms with Crippen LogP contribution in [0.1, 0.15) is 39.0 Å². The summed E-state index contributed by atoms with van der Waals surface area (Å²) in [5.41, 5.74) is -0.255. The van der Waals surface area contributed by atoms with Crippen molar-refractivity contribution in [2.24, 2.45) is 17.3 Å². The number of carbonyl (C=O) groups excluding carboxylic acids is 2. The molecule has 2 fully saturated rings. The zero-order valence-electron chi connectivity index (χ0n) is 8.08. The van der Waals surface area contributed by atoms with Gasteiger partial charge in [-0.2, -0.15) is 0 Å². The average molecular weight is 180 g/mol. The van der Waals surface area contributed by atoms with Crippen molar-refractivity contribution in [1.29, 1.82) is 0 Å². The van der Waals surface area contributed by atoms with Crippen LogP contribution in [0.15, 0.2) is 0 Å². The maximum atomic E-state index is 11.1. The van der Waals surface area contributed by atoms with Gasteiger partial charge in [-0.3, -0.25) is 4.79 Å². The van der Waals surface area contributed by atoms with E-state index in [1.165, 1.54) is 12.8 Å². The second-order valence-corrected chi connectivity index (χ2v) is 4.81. The largest absolute Gasteiger partial charge is 0.303 e. The van der Waals surface area contributed by atoms with Crippen LogP contribution in [0.4, 0.5) is 0 Å². The molecule has 0 aromatic heterocycles. The van der Waals surface area contributed by atoms with Gasteiger partial charge in [0.15, 0.2) is 0 Å². The van der Waals surface area contributed by atoms with E-state index < -0.39 is 0 Å². The first-order valence-corrected chi connectivity index (χ1v) is 5.12. The molecule has 2 aliphatic rings. The van der Waals surface area contributed by atoms with Gasteiger partial charge in [0, 0.05) is 11.8 Å². The molecule has 0 aliphatic heterocycles. The molecule has 2 nitrogen and oxygen atoms in total. The van der Waals surface area contributed by atoms with E-state index >= 15 is 0 Å². The average Bonchev–Trinajstić information content (AvgIpc) is 2.62. The minimum absolute atomic E-state index is 0.166. The zero-order valence-corrected chi connectivity index (χ0v) is 8.08. The molecule has 0 saturated heterocycles. The molecule has 3 atom stereocenters. The summed E-state index contributed by atoms with van der Waals surface area (Å²) in [5.74, 6) is 1.41. The van der Waals surface area contributed by atoms with Gasteiger partial charge < -0.3 is 4.79 Å². The summed E-state index contributed by atoms with van der Waals surface area (Å²) < 4.78 is 0. The molecule has 13 heavy (non-hydrogen) atoms. The van der Waals surface area contributed by atoms with Crippen LogP contribution in [0.2, 0.25) is 0 Å². The summed E-state index contributed by atoms with van der Waals surface area (Å²) in [4.78, 5) is 22.2. The van der Waals surface area contributed by atoms with E-state index in [1.807, 2.05) is 0 Å². The minimum Gasteiger partial charge on any atom is -0.303 e. The van der Waals surface area contributed by atoms with Crippen molar-refractivity contribution < 1.29 is 9.59 Å². The second-order valence-electron chi connectivity index (χ2n) is 4.81. The van der Waals surface area contributed by atoms with Crippen molar-refractivity contribution in [3.8, 4) is 0 Å². The van der Waals surface area contributed by atoms with Crippen LogP contribution in [-0.2, 0) is 9.59 Å². The number of hydrogen-bond acceptors (Lipinski definition) is 2. The fraction of sp³-hybridized carbons (Fsp3) is 0.818. The molecule has 0 aromatic carbocycles. The van der Waals surface area contributed by atoms with Gasteiger partial charge in [-0.1, -0.05) is 6.42 Å². The lowest BCUT2D eigenvalue weighted by Crippen LogP contribution is -2.31. The smallest absolute Gasteiger partial charge is 0.130 e. The molecule has 3 unspecified atom stereocenters. The van der Waals surface area contributed by atoms with Gasteiger partial charge in [0.25, 0.3) is 0 Å². The van der Waals surface area contributed by atoms with Crippen LogP contribution in [0.3, 0.4) is 0 Å². The van der Waals surface area contributed by atoms with Crippen molar-refractivity contribution in [2.45, 2.75) is 39.0 Å². The van der Waals surface area contributed by atoms with Crippen molar-refractivity contribution in [2.75, 3.05) is 0 Å². The lowest BCUT2D eigenvalue weighted by atomic mass is 9.71. The molecule has 0 spiro atoms. The van der Waals surface area contributed by atoms with Crippen molar-refractivity contribution in [3.63, 3.8) is 0 Å². The Morgan fingerprint density at radius 3 is 2.69 bits per heavy atom. The predicted molar refractivity (Wildman–Crippen MR) is 49.2 cm³/mol. The Morgan fingerprint density at radius 2 is 2.31 bits per heavy atom. The van der Waals surface area contributed by atoms with Gasteiger partial charge in [-0.15, -0.1) is 0 Å². The van der Waals surface area contributed by atoms with Gasteiger partial charge in [0.1, 0.15) is 12.1 Å². The molecule has 2 rings (SSSR count). The third kappa shape index (κ3) is 1.32. The summed E-state index contributed by atoms with van der Waals surface area (Å²) in [6.07, 6.45) is 6.15. The quantitative estimate of drug-likeness (QED) is 0.622. The Kier molecular flexibility index (Phi) is 2.01. The molecule has 0 aromatic rings. The van der Waals surface area contributed by atoms with E-state index in [4.69, 9.17) is 0 Å². The molecular weight excluding hydrogens is 164 g/mol. The molecule has 0 radical (unpaired) electrons. The van der Waals surface area contributed by atoms with E-state index in [2.05, 4.69) is 0 Å². The van der Waals surface area contributed by atoms with Crippen molar-refractivity contribution in [1.82, 2.24) is 0 Å². The minimum atomic E-state index is -0.255. The highest BCUT2D eigenvalue weighted by Crippen LogP contribution is 2.56. The number of rotatable bonds is 3. The third-order valence-electron chi connectivity index (χ3n) is 3.84. The van der Waals surface area contributed by atoms with Gasteiger partial charge in [-0.25, -0.2) is 0 Å². The molecule has 2 aliphatic carbocycles. The summed E-state index contributed by atoms with van der Waals surface area (Å²) in [6.45, 7) is 1.59. The normalized spacial score (nSPS) is 42.2. The summed E-state index contributed by atoms with van der Waals surface area (Å²) in [7, 11) is 0. The Bertz CT molecular complexity index is 246. The van der Waals surface area contributed by atoms with E-state index in [-0.39, 0.29) is 11.2 Å². The number of aldehydes is 1. The number of fused-ring (bicyclic) bond motifs is 2. The molecule has 2 heteroatoms. The van der Waals surface area contributed by atoms with Crippen molar-refractivity contribution in [3.05, 3.63) is 0 Å². The first kappa shape index (κ1) is 8.92. The van der Waals surface area contributed by atoms with Crippen LogP contribution < -0.4 is 0 Å². The zero-order chi connectivity index (χ0) is 9.47. The fourth-order valence-corrected chi connectivity index (χ4v) is 3.35. The molecule has 0 amide bonds. The van der Waals surface area contributed by atoms with Gasteiger partial charge in [0.05, 0.1) is 0 Å². The monoisotopic (exact) mass is 180 g/mol. The first-order chi connectivity index (χ1) is 6.16. The number of ketones is 1. The van der Waals surface area contributed by atoms with Crippen LogP contribution in [0.5, 0.6) is 0 Å². The highest BCUT2D eigenvalue weighted by atomic mass is 16.1. The Morgan fingerprint density at radius 1 is 1.54 bits per heavy atom. The Hall–Kier alpha value is -0.660. The van der Waals surface area contributed by atoms with Gasteiger partial charge in [-0.05, 0) is 38.0 Å². The Labute approximate surface area is 78.7 Å². The maximum Gasteiger partial charge on any atom is 0.130 e. The summed E-state index contributed by atoms with van der Waals surface area (Å²) >= 11 is 0. The topological polar surface area (TPSA) is 34.1 Å². The highest BCUT2D eigenvalue weighted by molar-refractivity contribution is 5.81. The lowest BCUT2D eigenvalue weighted by Gasteiger charge is -2.31. The maximum absolute atomic E-state index is 11.1. The van der Waals surface area contributed by atoms with Crippen molar-refractivity contribution >= 4 is 12.1 Å². The lowest BCUT2D eigenvalue weighted by molar-refractivity contribution is -0.127. The molecule has 2 bridgehead atoms. The number of Topliss-reactive ketones (excluding diaryl/α,β-unsaturated/α-hetero) is 1. The SMILES string of the molecule is CC(=O)CC1(C=O)CC2CCC1C2. The van der Waals surface area contributed by atoms with Crippen LogP contribution in [-0.4, -0.2) is 12.1 Å². The van der Waals surface area contributed by atoms with Crippen LogP contribution in [0, 0.1) is 17.3 Å². The standard InChI is InChI=1S/C11H16O2/c1-8(13)5-11(7-12)6-9-2-3-10(11)4-9/h7,9-10H,2-6H2,1H3. The molecule has 2 saturated carbocycles. The second kappa shape index (κ2) is 2.93. The molecule has 0 heterocycles.